The van der Waals surface area contributed by atoms with E-state index in [-0.39, 0.29) is 11.8 Å². The molecule has 64 valence electrons. The Kier molecular flexibility index (Phi) is 1.30. The van der Waals surface area contributed by atoms with Gasteiger partial charge in [0, 0.05) is 11.1 Å². The second kappa shape index (κ2) is 2.20. The van der Waals surface area contributed by atoms with Gasteiger partial charge in [-0.05, 0) is 12.8 Å². The van der Waals surface area contributed by atoms with Gasteiger partial charge in [0.1, 0.15) is 0 Å². The fraction of sp³-hybridized carbons (Fsp3) is 0.250. The van der Waals surface area contributed by atoms with Gasteiger partial charge in [-0.25, -0.2) is 0 Å². The summed E-state index contributed by atoms with van der Waals surface area (Å²) in [5, 5.41) is 18.8. The monoisotopic (exact) mass is 166 g/mol. The van der Waals surface area contributed by atoms with Gasteiger partial charge < -0.3 is 16.1 Å². The van der Waals surface area contributed by atoms with Crippen molar-refractivity contribution in [1.82, 2.24) is 4.68 Å². The van der Waals surface area contributed by atoms with Crippen molar-refractivity contribution in [2.45, 2.75) is 12.8 Å². The Morgan fingerprint density at radius 1 is 1.08 bits per heavy atom. The Hall–Kier alpha value is -1.58. The second-order valence-corrected chi connectivity index (χ2v) is 2.85. The minimum Gasteiger partial charge on any atom is -0.493 e. The minimum absolute atomic E-state index is 0.0353. The summed E-state index contributed by atoms with van der Waals surface area (Å²) in [6.45, 7) is 0. The predicted molar refractivity (Wildman–Crippen MR) is 44.5 cm³/mol. The molecule has 0 amide bonds. The van der Waals surface area contributed by atoms with Gasteiger partial charge in [0.2, 0.25) is 11.8 Å². The van der Waals surface area contributed by atoms with Crippen LogP contribution in [0.1, 0.15) is 11.1 Å². The van der Waals surface area contributed by atoms with E-state index in [0.29, 0.717) is 12.8 Å². The summed E-state index contributed by atoms with van der Waals surface area (Å²) in [5.41, 5.74) is 1.47. The van der Waals surface area contributed by atoms with Crippen LogP contribution in [0.2, 0.25) is 0 Å². The highest BCUT2D eigenvalue weighted by Crippen LogP contribution is 2.34. The van der Waals surface area contributed by atoms with Gasteiger partial charge in [-0.15, -0.1) is 0 Å². The molecule has 1 aromatic rings. The van der Waals surface area contributed by atoms with Crippen LogP contribution in [0.25, 0.3) is 0 Å². The topological polar surface area (TPSA) is 71.4 Å². The lowest BCUT2D eigenvalue weighted by atomic mass is 10.0. The number of nitrogens with zero attached hydrogens (tertiary/aromatic N) is 1. The zero-order valence-electron chi connectivity index (χ0n) is 6.49. The number of aromatic hydroxyl groups is 2. The van der Waals surface area contributed by atoms with Gasteiger partial charge in [0.05, 0.1) is 0 Å². The van der Waals surface area contributed by atoms with E-state index < -0.39 is 0 Å². The van der Waals surface area contributed by atoms with Gasteiger partial charge >= 0.3 is 0 Å². The SMILES string of the molecule is Nn1c(O)c2c(c1O)CC=CC2. The van der Waals surface area contributed by atoms with E-state index in [2.05, 4.69) is 0 Å². The fourth-order valence-corrected chi connectivity index (χ4v) is 1.49. The molecule has 4 N–H and O–H groups in total. The van der Waals surface area contributed by atoms with Crippen molar-refractivity contribution < 1.29 is 10.2 Å². The maximum absolute atomic E-state index is 9.41. The van der Waals surface area contributed by atoms with Crippen molar-refractivity contribution in [3.63, 3.8) is 0 Å². The number of allylic oxidation sites excluding steroid dienone is 2. The Morgan fingerprint density at radius 3 is 1.92 bits per heavy atom. The van der Waals surface area contributed by atoms with E-state index in [0.717, 1.165) is 15.8 Å². The van der Waals surface area contributed by atoms with Gasteiger partial charge in [-0.1, -0.05) is 12.2 Å². The summed E-state index contributed by atoms with van der Waals surface area (Å²) in [5.74, 6) is 5.30. The quantitative estimate of drug-likeness (QED) is 0.382. The van der Waals surface area contributed by atoms with E-state index in [1.807, 2.05) is 12.2 Å². The number of hydrogen-bond acceptors (Lipinski definition) is 3. The summed E-state index contributed by atoms with van der Waals surface area (Å²) >= 11 is 0. The molecule has 0 aliphatic heterocycles. The van der Waals surface area contributed by atoms with Gasteiger partial charge in [0.25, 0.3) is 0 Å². The number of aromatic nitrogens is 1. The standard InChI is InChI=1S/C8H10N2O2/c9-10-7(11)5-3-1-2-4-6(5)8(10)12/h1-2,11-12H,3-4,9H2. The molecule has 0 radical (unpaired) electrons. The minimum atomic E-state index is -0.0353. The van der Waals surface area contributed by atoms with Crippen LogP contribution in [0.3, 0.4) is 0 Å². The lowest BCUT2D eigenvalue weighted by molar-refractivity contribution is 0.392. The number of hydrogen-bond donors (Lipinski definition) is 3. The van der Waals surface area contributed by atoms with Crippen molar-refractivity contribution in [2.75, 3.05) is 5.84 Å². The summed E-state index contributed by atoms with van der Waals surface area (Å²) < 4.78 is 0.914. The van der Waals surface area contributed by atoms with E-state index >= 15 is 0 Å². The third-order valence-electron chi connectivity index (χ3n) is 2.17. The number of rotatable bonds is 0. The van der Waals surface area contributed by atoms with E-state index in [4.69, 9.17) is 5.84 Å². The maximum atomic E-state index is 9.41. The van der Waals surface area contributed by atoms with Crippen LogP contribution in [-0.2, 0) is 12.8 Å². The van der Waals surface area contributed by atoms with Gasteiger partial charge in [0.15, 0.2) is 0 Å². The van der Waals surface area contributed by atoms with E-state index in [1.165, 1.54) is 0 Å². The largest absolute Gasteiger partial charge is 0.493 e. The first-order valence-electron chi connectivity index (χ1n) is 3.76. The molecule has 4 nitrogen and oxygen atoms in total. The molecule has 0 saturated heterocycles. The third-order valence-corrected chi connectivity index (χ3v) is 2.17. The summed E-state index contributed by atoms with van der Waals surface area (Å²) in [6, 6.07) is 0. The first kappa shape index (κ1) is 7.09. The predicted octanol–water partition coefficient (Wildman–Crippen LogP) is 0.268. The summed E-state index contributed by atoms with van der Waals surface area (Å²) in [7, 11) is 0. The Bertz CT molecular complexity index is 321. The lowest BCUT2D eigenvalue weighted by Crippen LogP contribution is -2.05. The lowest BCUT2D eigenvalue weighted by Gasteiger charge is -2.03. The number of nitrogen functional groups attached to an aromatic ring is 1. The van der Waals surface area contributed by atoms with Crippen LogP contribution >= 0.6 is 0 Å². The molecule has 2 rings (SSSR count). The Balaban J connectivity index is 2.64. The molecular formula is C8H10N2O2. The van der Waals surface area contributed by atoms with Crippen LogP contribution in [0.4, 0.5) is 0 Å². The zero-order chi connectivity index (χ0) is 8.72. The molecule has 12 heavy (non-hydrogen) atoms. The first-order valence-corrected chi connectivity index (χ1v) is 3.76. The van der Waals surface area contributed by atoms with Crippen molar-refractivity contribution in [3.8, 4) is 11.8 Å². The summed E-state index contributed by atoms with van der Waals surface area (Å²) in [6.07, 6.45) is 5.17. The second-order valence-electron chi connectivity index (χ2n) is 2.85. The highest BCUT2D eigenvalue weighted by Gasteiger charge is 2.20. The highest BCUT2D eigenvalue weighted by molar-refractivity contribution is 5.49. The molecule has 4 heteroatoms. The van der Waals surface area contributed by atoms with E-state index in [1.54, 1.807) is 0 Å². The normalized spacial score (nSPS) is 14.7. The molecule has 1 aliphatic rings. The molecule has 0 aromatic carbocycles. The Labute approximate surface area is 69.5 Å². The summed E-state index contributed by atoms with van der Waals surface area (Å²) in [4.78, 5) is 0. The van der Waals surface area contributed by atoms with Gasteiger partial charge in [-0.3, -0.25) is 0 Å². The number of fused-ring (bicyclic) bond motifs is 1. The molecule has 1 heterocycles. The average molecular weight is 166 g/mol. The van der Waals surface area contributed by atoms with Crippen molar-refractivity contribution in [1.29, 1.82) is 0 Å². The molecule has 0 saturated carbocycles. The fourth-order valence-electron chi connectivity index (χ4n) is 1.49. The molecule has 1 aromatic heterocycles. The number of nitrogens with two attached hydrogens (primary N) is 1. The molecular weight excluding hydrogens is 156 g/mol. The molecule has 0 bridgehead atoms. The van der Waals surface area contributed by atoms with Crippen LogP contribution in [-0.4, -0.2) is 14.9 Å². The molecule has 1 aliphatic carbocycles. The Morgan fingerprint density at radius 2 is 1.50 bits per heavy atom. The highest BCUT2D eigenvalue weighted by atomic mass is 16.3. The molecule has 0 spiro atoms. The van der Waals surface area contributed by atoms with Crippen LogP contribution in [0.15, 0.2) is 12.2 Å². The first-order chi connectivity index (χ1) is 5.72. The van der Waals surface area contributed by atoms with E-state index in [9.17, 15) is 10.2 Å². The smallest absolute Gasteiger partial charge is 0.216 e. The van der Waals surface area contributed by atoms with Gasteiger partial charge in [-0.2, -0.15) is 4.68 Å². The van der Waals surface area contributed by atoms with Crippen LogP contribution < -0.4 is 5.84 Å². The molecule has 0 atom stereocenters. The van der Waals surface area contributed by atoms with Crippen molar-refractivity contribution >= 4 is 0 Å². The van der Waals surface area contributed by atoms with Crippen LogP contribution in [0, 0.1) is 0 Å². The average Bonchev–Trinajstić information content (AvgIpc) is 2.33. The van der Waals surface area contributed by atoms with Crippen LogP contribution in [0.5, 0.6) is 11.8 Å². The molecule has 0 fully saturated rings. The van der Waals surface area contributed by atoms with Crippen molar-refractivity contribution in [2.24, 2.45) is 0 Å². The van der Waals surface area contributed by atoms with Crippen molar-refractivity contribution in [3.05, 3.63) is 23.3 Å². The zero-order valence-corrected chi connectivity index (χ0v) is 6.49. The maximum Gasteiger partial charge on any atom is 0.216 e. The third kappa shape index (κ3) is 0.717. The molecule has 0 unspecified atom stereocenters.